The van der Waals surface area contributed by atoms with E-state index in [2.05, 4.69) is 109 Å². The quantitative estimate of drug-likeness (QED) is 0.199. The van der Waals surface area contributed by atoms with E-state index in [1.165, 1.54) is 10.8 Å². The molecule has 238 valence electrons. The van der Waals surface area contributed by atoms with Crippen LogP contribution in [0, 0.1) is 0 Å². The van der Waals surface area contributed by atoms with Crippen molar-refractivity contribution in [3.8, 4) is 22.3 Å². The maximum atomic E-state index is 7.09. The van der Waals surface area contributed by atoms with E-state index in [1.54, 1.807) is 0 Å². The molecule has 0 fully saturated rings. The highest BCUT2D eigenvalue weighted by atomic mass is 15.1. The SMILES string of the molecule is [B]c1c([B])c([B])c(-c2c([B])c([B])c(N(c3ccc(-c4cc5ccccc5c5ccccc45)cc3)c3cc4ccccc4c4ccccc34)c([B])c2[B])c([B])c1[B]. The van der Waals surface area contributed by atoms with Crippen LogP contribution in [0.3, 0.4) is 0 Å². The molecule has 0 spiro atoms. The first-order chi connectivity index (χ1) is 27.1. The lowest BCUT2D eigenvalue weighted by atomic mass is 9.56. The lowest BCUT2D eigenvalue weighted by Crippen LogP contribution is -2.57. The first kappa shape index (κ1) is 36.1. The summed E-state index contributed by atoms with van der Waals surface area (Å²) in [6.07, 6.45) is 0. The lowest BCUT2D eigenvalue weighted by molar-refractivity contribution is 1.33. The van der Waals surface area contributed by atoms with E-state index in [9.17, 15) is 0 Å². The van der Waals surface area contributed by atoms with Gasteiger partial charge >= 0.3 is 0 Å². The van der Waals surface area contributed by atoms with Crippen LogP contribution in [0.15, 0.2) is 133 Å². The Morgan fingerprint density at radius 1 is 0.321 bits per heavy atom. The number of hydrogen-bond acceptors (Lipinski definition) is 1. The van der Waals surface area contributed by atoms with Gasteiger partial charge in [-0.2, -0.15) is 0 Å². The summed E-state index contributed by atoms with van der Waals surface area (Å²) in [4.78, 5) is 2.01. The maximum absolute atomic E-state index is 7.09. The molecule has 9 aromatic rings. The van der Waals surface area contributed by atoms with E-state index in [1.807, 2.05) is 29.2 Å². The van der Waals surface area contributed by atoms with Crippen molar-refractivity contribution in [2.24, 2.45) is 0 Å². The van der Waals surface area contributed by atoms with Gasteiger partial charge in [0.1, 0.15) is 70.6 Å². The molecule has 0 aromatic heterocycles. The summed E-state index contributed by atoms with van der Waals surface area (Å²) >= 11 is 0. The fraction of sp³-hybridized carbons (Fsp3) is 0. The summed E-state index contributed by atoms with van der Waals surface area (Å²) in [5.74, 6) is 0. The molecule has 18 radical (unpaired) electrons. The maximum Gasteiger partial charge on any atom is 0.115 e. The highest BCUT2D eigenvalue weighted by molar-refractivity contribution is 6.71. The third kappa shape index (κ3) is 5.52. The molecule has 9 rings (SSSR count). The number of anilines is 3. The van der Waals surface area contributed by atoms with Crippen molar-refractivity contribution in [1.82, 2.24) is 0 Å². The van der Waals surface area contributed by atoms with Gasteiger partial charge in [-0.25, -0.2) is 0 Å². The molecule has 9 aromatic carbocycles. The van der Waals surface area contributed by atoms with Crippen LogP contribution in [0.5, 0.6) is 0 Å². The lowest BCUT2D eigenvalue weighted by Gasteiger charge is -2.35. The Kier molecular flexibility index (Phi) is 8.92. The van der Waals surface area contributed by atoms with Gasteiger partial charge in [0.2, 0.25) is 0 Å². The largest absolute Gasteiger partial charge is 0.311 e. The van der Waals surface area contributed by atoms with Crippen molar-refractivity contribution in [1.29, 1.82) is 0 Å². The van der Waals surface area contributed by atoms with Crippen LogP contribution in [0.4, 0.5) is 17.1 Å². The highest BCUT2D eigenvalue weighted by Gasteiger charge is 2.25. The monoisotopic (exact) mass is 687 g/mol. The van der Waals surface area contributed by atoms with Crippen LogP contribution >= 0.6 is 0 Å². The zero-order valence-electron chi connectivity index (χ0n) is 30.3. The van der Waals surface area contributed by atoms with E-state index in [0.717, 1.165) is 54.8 Å². The first-order valence-electron chi connectivity index (χ1n) is 18.1. The van der Waals surface area contributed by atoms with Gasteiger partial charge in [0.15, 0.2) is 0 Å². The smallest absolute Gasteiger partial charge is 0.115 e. The molecule has 0 aliphatic rings. The normalized spacial score (nSPS) is 11.5. The fourth-order valence-electron chi connectivity index (χ4n) is 8.14. The molecule has 1 nitrogen and oxygen atoms in total. The van der Waals surface area contributed by atoms with Gasteiger partial charge < -0.3 is 4.90 Å². The Labute approximate surface area is 339 Å². The standard InChI is InChI=1S/C46H22B9N/c47-37-35(38(48)42(52)43(53)41(37)51)36-39(49)44(54)46(45(55)40(36)50)56(34-22-25-10-2-4-12-28(25)30-14-7-8-16-32(30)34)26-19-17-23(18-20-26)33-21-24-9-1-3-11-27(24)29-13-5-6-15-31(29)33/h1-22H. The molecule has 56 heavy (non-hydrogen) atoms. The third-order valence-corrected chi connectivity index (χ3v) is 11.0. The molecule has 0 saturated carbocycles. The van der Waals surface area contributed by atoms with Crippen molar-refractivity contribution in [3.05, 3.63) is 133 Å². The van der Waals surface area contributed by atoms with E-state index in [-0.39, 0.29) is 60.3 Å². The molecule has 0 bridgehead atoms. The van der Waals surface area contributed by atoms with Gasteiger partial charge in [-0.3, -0.25) is 0 Å². The van der Waals surface area contributed by atoms with Crippen LogP contribution < -0.4 is 54.1 Å². The predicted octanol–water partition coefficient (Wildman–Crippen LogP) is 2.25. The molecule has 10 heteroatoms. The zero-order chi connectivity index (χ0) is 39.0. The van der Waals surface area contributed by atoms with Gasteiger partial charge in [-0.15, -0.1) is 16.4 Å². The summed E-state index contributed by atoms with van der Waals surface area (Å²) < 4.78 is 0. The van der Waals surface area contributed by atoms with E-state index in [4.69, 9.17) is 70.6 Å². The molecule has 0 unspecified atom stereocenters. The minimum absolute atomic E-state index is 0.0512. The zero-order valence-corrected chi connectivity index (χ0v) is 30.3. The summed E-state index contributed by atoms with van der Waals surface area (Å²) in [7, 11) is 59.7. The Hall–Kier alpha value is -5.60. The predicted molar refractivity (Wildman–Crippen MR) is 251 cm³/mol. The van der Waals surface area contributed by atoms with Crippen LogP contribution in [0.2, 0.25) is 0 Å². The molecule has 0 saturated heterocycles. The second kappa shape index (κ2) is 13.9. The molecular weight excluding hydrogens is 664 g/mol. The molecule has 0 amide bonds. The van der Waals surface area contributed by atoms with E-state index in [0.29, 0.717) is 5.69 Å². The van der Waals surface area contributed by atoms with E-state index < -0.39 is 0 Å². The van der Waals surface area contributed by atoms with Crippen molar-refractivity contribution in [3.63, 3.8) is 0 Å². The number of benzene rings is 9. The minimum Gasteiger partial charge on any atom is -0.311 e. The average molecular weight is 686 g/mol. The van der Waals surface area contributed by atoms with Crippen molar-refractivity contribution in [2.45, 2.75) is 0 Å². The number of hydrogen-bond donors (Lipinski definition) is 0. The van der Waals surface area contributed by atoms with Crippen molar-refractivity contribution in [2.75, 3.05) is 4.90 Å². The number of rotatable bonds is 5. The van der Waals surface area contributed by atoms with Crippen LogP contribution in [-0.2, 0) is 0 Å². The fourth-order valence-corrected chi connectivity index (χ4v) is 8.14. The van der Waals surface area contributed by atoms with Gasteiger partial charge in [-0.05, 0) is 84.2 Å². The van der Waals surface area contributed by atoms with Crippen LogP contribution in [0.25, 0.3) is 65.3 Å². The second-order valence-electron chi connectivity index (χ2n) is 14.1. The molecule has 0 heterocycles. The second-order valence-corrected chi connectivity index (χ2v) is 14.1. The number of nitrogens with zero attached hydrogens (tertiary/aromatic N) is 1. The molecule has 0 N–H and O–H groups in total. The molecule has 0 aliphatic heterocycles. The first-order valence-corrected chi connectivity index (χ1v) is 18.1. The Morgan fingerprint density at radius 2 is 0.714 bits per heavy atom. The minimum atomic E-state index is 0.0512. The summed E-state index contributed by atoms with van der Waals surface area (Å²) in [6, 6.07) is 46.1. The van der Waals surface area contributed by atoms with Gasteiger partial charge in [0.25, 0.3) is 0 Å². The van der Waals surface area contributed by atoms with Crippen molar-refractivity contribution >= 4 is 180 Å². The van der Waals surface area contributed by atoms with Gasteiger partial charge in [-0.1, -0.05) is 142 Å². The van der Waals surface area contributed by atoms with Crippen LogP contribution in [-0.4, -0.2) is 70.6 Å². The van der Waals surface area contributed by atoms with Gasteiger partial charge in [0.05, 0.1) is 5.69 Å². The summed E-state index contributed by atoms with van der Waals surface area (Å²) in [6.45, 7) is 0. The van der Waals surface area contributed by atoms with Crippen LogP contribution in [0.1, 0.15) is 0 Å². The highest BCUT2D eigenvalue weighted by Crippen LogP contribution is 2.42. The summed E-state index contributed by atoms with van der Waals surface area (Å²) in [5, 5.41) is 8.84. The third-order valence-electron chi connectivity index (χ3n) is 11.0. The Bertz CT molecular complexity index is 3030. The molecular formula is C46H22B9N. The molecule has 0 atom stereocenters. The summed E-state index contributed by atoms with van der Waals surface area (Å²) in [5.41, 5.74) is 5.36. The van der Waals surface area contributed by atoms with E-state index >= 15 is 0 Å². The van der Waals surface area contributed by atoms with Gasteiger partial charge in [0, 0.05) is 16.8 Å². The van der Waals surface area contributed by atoms with Crippen molar-refractivity contribution < 1.29 is 0 Å². The molecule has 0 aliphatic carbocycles. The average Bonchev–Trinajstić information content (AvgIpc) is 3.24. The Morgan fingerprint density at radius 3 is 1.25 bits per heavy atom. The topological polar surface area (TPSA) is 3.24 Å². The number of fused-ring (bicyclic) bond motifs is 6. The Balaban J connectivity index is 1.32.